The van der Waals surface area contributed by atoms with Gasteiger partial charge in [0.1, 0.15) is 4.99 Å². The second-order valence-electron chi connectivity index (χ2n) is 3.56. The lowest BCUT2D eigenvalue weighted by atomic mass is 10.2. The van der Waals surface area contributed by atoms with Crippen LogP contribution in [0.3, 0.4) is 0 Å². The molecule has 17 heavy (non-hydrogen) atoms. The van der Waals surface area contributed by atoms with E-state index in [2.05, 4.69) is 5.32 Å². The van der Waals surface area contributed by atoms with Crippen molar-refractivity contribution in [3.05, 3.63) is 29.8 Å². The largest absolute Gasteiger partial charge is 0.389 e. The van der Waals surface area contributed by atoms with Crippen molar-refractivity contribution >= 4 is 32.9 Å². The Morgan fingerprint density at radius 1 is 1.35 bits per heavy atom. The van der Waals surface area contributed by atoms with Crippen LogP contribution in [0.2, 0.25) is 0 Å². The molecule has 0 atom stereocenters. The van der Waals surface area contributed by atoms with Crippen molar-refractivity contribution in [3.63, 3.8) is 0 Å². The first kappa shape index (κ1) is 13.9. The molecule has 0 spiro atoms. The normalized spacial score (nSPS) is 11.1. The average Bonchev–Trinajstić information content (AvgIpc) is 2.23. The molecule has 0 unspecified atom stereocenters. The van der Waals surface area contributed by atoms with Crippen LogP contribution in [0, 0.1) is 0 Å². The quantitative estimate of drug-likeness (QED) is 0.515. The molecule has 5 N–H and O–H groups in total. The van der Waals surface area contributed by atoms with Gasteiger partial charge in [0.15, 0.2) is 0 Å². The van der Waals surface area contributed by atoms with Gasteiger partial charge in [0.25, 0.3) is 0 Å². The molecule has 1 aromatic carbocycles. The number of benzene rings is 1. The summed E-state index contributed by atoms with van der Waals surface area (Å²) in [7, 11) is -3.40. The summed E-state index contributed by atoms with van der Waals surface area (Å²) in [6.45, 7) is 0.496. The number of nitrogens with two attached hydrogens (primary N) is 2. The van der Waals surface area contributed by atoms with Gasteiger partial charge in [-0.2, -0.15) is 0 Å². The molecule has 1 aromatic rings. The van der Waals surface area contributed by atoms with Crippen molar-refractivity contribution in [1.82, 2.24) is 0 Å². The number of rotatable bonds is 6. The molecular formula is C10H15N3O2S2. The summed E-state index contributed by atoms with van der Waals surface area (Å²) in [4.78, 5) is 0.305. The van der Waals surface area contributed by atoms with E-state index >= 15 is 0 Å². The molecule has 1 rings (SSSR count). The molecule has 0 fully saturated rings. The lowest BCUT2D eigenvalue weighted by Crippen LogP contribution is -2.19. The summed E-state index contributed by atoms with van der Waals surface area (Å²) in [5.41, 5.74) is 7.11. The maximum atomic E-state index is 10.7. The average molecular weight is 273 g/mol. The number of hydrogen-bond donors (Lipinski definition) is 3. The maximum absolute atomic E-state index is 10.7. The molecule has 0 bridgehead atoms. The van der Waals surface area contributed by atoms with Crippen LogP contribution >= 0.6 is 12.2 Å². The number of hydrogen-bond acceptors (Lipinski definition) is 4. The zero-order valence-electron chi connectivity index (χ0n) is 9.22. The molecule has 0 saturated carbocycles. The third-order valence-electron chi connectivity index (χ3n) is 2.11. The van der Waals surface area contributed by atoms with Crippen LogP contribution in [-0.4, -0.2) is 25.7 Å². The van der Waals surface area contributed by atoms with E-state index in [-0.39, 0.29) is 5.75 Å². The van der Waals surface area contributed by atoms with Crippen molar-refractivity contribution < 1.29 is 8.42 Å². The van der Waals surface area contributed by atoms with Gasteiger partial charge in [-0.1, -0.05) is 24.4 Å². The van der Waals surface area contributed by atoms with Crippen LogP contribution in [0.25, 0.3) is 0 Å². The number of primary sulfonamides is 1. The molecule has 0 saturated heterocycles. The first-order valence-electron chi connectivity index (χ1n) is 5.03. The second kappa shape index (κ2) is 5.95. The molecule has 0 heterocycles. The highest BCUT2D eigenvalue weighted by atomic mass is 32.2. The molecule has 0 aliphatic heterocycles. The molecule has 0 aliphatic rings. The van der Waals surface area contributed by atoms with Gasteiger partial charge >= 0.3 is 0 Å². The van der Waals surface area contributed by atoms with Crippen LogP contribution in [-0.2, 0) is 10.0 Å². The van der Waals surface area contributed by atoms with Crippen molar-refractivity contribution in [1.29, 1.82) is 0 Å². The first-order chi connectivity index (χ1) is 7.90. The van der Waals surface area contributed by atoms with E-state index in [0.29, 0.717) is 18.0 Å². The minimum atomic E-state index is -3.40. The highest BCUT2D eigenvalue weighted by molar-refractivity contribution is 7.89. The van der Waals surface area contributed by atoms with E-state index in [1.54, 1.807) is 0 Å². The van der Waals surface area contributed by atoms with E-state index in [0.717, 1.165) is 11.3 Å². The Balaban J connectivity index is 2.55. The molecule has 0 aliphatic carbocycles. The Bertz CT molecular complexity index is 500. The van der Waals surface area contributed by atoms with Crippen LogP contribution in [0.5, 0.6) is 0 Å². The Morgan fingerprint density at radius 3 is 2.59 bits per heavy atom. The van der Waals surface area contributed by atoms with Crippen molar-refractivity contribution in [2.75, 3.05) is 17.6 Å². The van der Waals surface area contributed by atoms with E-state index in [9.17, 15) is 8.42 Å². The third kappa shape index (κ3) is 5.12. The minimum Gasteiger partial charge on any atom is -0.389 e. The number of sulfonamides is 1. The van der Waals surface area contributed by atoms with Crippen LogP contribution in [0.1, 0.15) is 12.0 Å². The zero-order valence-corrected chi connectivity index (χ0v) is 10.9. The molecule has 94 valence electrons. The fourth-order valence-electron chi connectivity index (χ4n) is 1.35. The SMILES string of the molecule is NC(=S)c1ccccc1NCCCS(N)(=O)=O. The molecule has 0 aromatic heterocycles. The summed E-state index contributed by atoms with van der Waals surface area (Å²) in [6, 6.07) is 7.34. The predicted octanol–water partition coefficient (Wildman–Crippen LogP) is 0.411. The Kier molecular flexibility index (Phi) is 4.86. The zero-order chi connectivity index (χ0) is 12.9. The monoisotopic (exact) mass is 273 g/mol. The van der Waals surface area contributed by atoms with Gasteiger partial charge in [-0.25, -0.2) is 13.6 Å². The van der Waals surface area contributed by atoms with E-state index in [4.69, 9.17) is 23.1 Å². The minimum absolute atomic E-state index is 0.0464. The molecular weight excluding hydrogens is 258 g/mol. The Hall–Kier alpha value is -1.18. The second-order valence-corrected chi connectivity index (χ2v) is 5.73. The summed E-state index contributed by atoms with van der Waals surface area (Å²) in [5.74, 6) is -0.0464. The van der Waals surface area contributed by atoms with Crippen LogP contribution < -0.4 is 16.2 Å². The van der Waals surface area contributed by atoms with Crippen molar-refractivity contribution in [2.24, 2.45) is 10.9 Å². The van der Waals surface area contributed by atoms with E-state index < -0.39 is 10.0 Å². The number of nitrogens with one attached hydrogen (secondary N) is 1. The Labute approximate surface area is 106 Å². The number of para-hydroxylation sites is 1. The highest BCUT2D eigenvalue weighted by Gasteiger charge is 2.05. The fraction of sp³-hybridized carbons (Fsp3) is 0.300. The smallest absolute Gasteiger partial charge is 0.209 e. The van der Waals surface area contributed by atoms with Crippen LogP contribution in [0.4, 0.5) is 5.69 Å². The first-order valence-corrected chi connectivity index (χ1v) is 7.16. The van der Waals surface area contributed by atoms with Crippen molar-refractivity contribution in [2.45, 2.75) is 6.42 Å². The third-order valence-corrected chi connectivity index (χ3v) is 3.19. The molecule has 7 heteroatoms. The highest BCUT2D eigenvalue weighted by Crippen LogP contribution is 2.14. The van der Waals surface area contributed by atoms with Gasteiger partial charge in [0.05, 0.1) is 5.75 Å². The number of anilines is 1. The fourth-order valence-corrected chi connectivity index (χ4v) is 2.07. The summed E-state index contributed by atoms with van der Waals surface area (Å²) in [5, 5.41) is 7.98. The van der Waals surface area contributed by atoms with Gasteiger partial charge in [-0.3, -0.25) is 0 Å². The topological polar surface area (TPSA) is 98.2 Å². The maximum Gasteiger partial charge on any atom is 0.209 e. The van der Waals surface area contributed by atoms with Crippen molar-refractivity contribution in [3.8, 4) is 0 Å². The summed E-state index contributed by atoms with van der Waals surface area (Å²) < 4.78 is 21.5. The van der Waals surface area contributed by atoms with Crippen LogP contribution in [0.15, 0.2) is 24.3 Å². The van der Waals surface area contributed by atoms with Gasteiger partial charge in [-0.15, -0.1) is 0 Å². The summed E-state index contributed by atoms with van der Waals surface area (Å²) >= 11 is 4.91. The van der Waals surface area contributed by atoms with Gasteiger partial charge in [-0.05, 0) is 18.6 Å². The summed E-state index contributed by atoms with van der Waals surface area (Å²) in [6.07, 6.45) is 0.435. The van der Waals surface area contributed by atoms with Gasteiger partial charge < -0.3 is 11.1 Å². The number of thiocarbonyl (C=S) groups is 1. The predicted molar refractivity (Wildman–Crippen MR) is 73.4 cm³/mol. The lowest BCUT2D eigenvalue weighted by Gasteiger charge is -2.10. The molecule has 0 radical (unpaired) electrons. The van der Waals surface area contributed by atoms with Gasteiger partial charge in [0, 0.05) is 17.8 Å². The molecule has 5 nitrogen and oxygen atoms in total. The standard InChI is InChI=1S/C10H15N3O2S2/c11-10(16)8-4-1-2-5-9(8)13-6-3-7-17(12,14)15/h1-2,4-5,13H,3,6-7H2,(H2,11,16)(H2,12,14,15). The Morgan fingerprint density at radius 2 is 2.00 bits per heavy atom. The lowest BCUT2D eigenvalue weighted by molar-refractivity contribution is 0.596. The van der Waals surface area contributed by atoms with E-state index in [1.165, 1.54) is 0 Å². The van der Waals surface area contributed by atoms with Gasteiger partial charge in [0.2, 0.25) is 10.0 Å². The van der Waals surface area contributed by atoms with E-state index in [1.807, 2.05) is 24.3 Å². The molecule has 0 amide bonds.